The molecular weight excluding hydrogens is 1010 g/mol. The number of benzene rings is 2. The Morgan fingerprint density at radius 1 is 0.338 bits per heavy atom. The lowest BCUT2D eigenvalue weighted by molar-refractivity contribution is 0.251. The summed E-state index contributed by atoms with van der Waals surface area (Å²) in [7, 11) is 0. The molecule has 20 heteroatoms. The number of urea groups is 4. The van der Waals surface area contributed by atoms with Gasteiger partial charge < -0.3 is 32.7 Å². The van der Waals surface area contributed by atoms with Crippen LogP contribution in [0.1, 0.15) is 230 Å². The summed E-state index contributed by atoms with van der Waals surface area (Å²) in [4.78, 5) is 75.6. The van der Waals surface area contributed by atoms with Gasteiger partial charge in [-0.25, -0.2) is 19.2 Å². The van der Waals surface area contributed by atoms with Crippen LogP contribution in [-0.2, 0) is 0 Å². The molecule has 2 aromatic heterocycles. The summed E-state index contributed by atoms with van der Waals surface area (Å²) in [6.07, 6.45) is 41.0. The second kappa shape index (κ2) is 40.3. The highest BCUT2D eigenvalue weighted by atomic mass is 16.2. The minimum atomic E-state index is -0.622. The zero-order valence-corrected chi connectivity index (χ0v) is 49.0. The lowest BCUT2D eigenvalue weighted by Gasteiger charge is -2.14. The van der Waals surface area contributed by atoms with Crippen molar-refractivity contribution in [1.29, 1.82) is 0 Å². The number of rotatable bonds is 41. The van der Waals surface area contributed by atoms with Gasteiger partial charge in [-0.2, -0.15) is 29.9 Å². The highest BCUT2D eigenvalue weighted by Gasteiger charge is 2.15. The van der Waals surface area contributed by atoms with Crippen LogP contribution in [0.4, 0.5) is 66.2 Å². The van der Waals surface area contributed by atoms with Gasteiger partial charge in [-0.05, 0) is 73.2 Å². The van der Waals surface area contributed by atoms with Gasteiger partial charge in [0.2, 0.25) is 35.7 Å². The molecule has 0 fully saturated rings. The fourth-order valence-electron chi connectivity index (χ4n) is 9.53. The van der Waals surface area contributed by atoms with Crippen LogP contribution in [0.25, 0.3) is 11.1 Å². The SMILES string of the molecule is CCCCCCCCCCCCCCCCCCNC(=O)Nc1nc(N)nc(NC(=O)Nc2ccc(-c3ccc(NC(=O)Nc4nc(N)nc(NC(=O)NCCCCCCCCCCCCCCCCCC)n4)c(C)c3)cc2C)n1. The van der Waals surface area contributed by atoms with Crippen molar-refractivity contribution >= 4 is 71.2 Å². The summed E-state index contributed by atoms with van der Waals surface area (Å²) in [6.45, 7) is 9.27. The maximum Gasteiger partial charge on any atom is 0.326 e. The Morgan fingerprint density at radius 2 is 0.588 bits per heavy atom. The number of carbonyl (C=O) groups is 4. The summed E-state index contributed by atoms with van der Waals surface area (Å²) in [6, 6.07) is 8.91. The number of aromatic nitrogens is 6. The van der Waals surface area contributed by atoms with Crippen LogP contribution in [-0.4, -0.2) is 67.1 Å². The average Bonchev–Trinajstić information content (AvgIpc) is 3.42. The number of nitrogen functional groups attached to an aromatic ring is 2. The Bertz CT molecular complexity index is 2260. The lowest BCUT2D eigenvalue weighted by Crippen LogP contribution is -2.30. The van der Waals surface area contributed by atoms with Gasteiger partial charge in [0.25, 0.3) is 0 Å². The molecule has 0 atom stereocenters. The zero-order valence-electron chi connectivity index (χ0n) is 49.0. The van der Waals surface area contributed by atoms with Crippen LogP contribution < -0.4 is 54.0 Å². The average molecular weight is 1110 g/mol. The van der Waals surface area contributed by atoms with E-state index in [1.165, 1.54) is 167 Å². The first-order valence-corrected chi connectivity index (χ1v) is 30.4. The Hall–Kier alpha value is -6.86. The monoisotopic (exact) mass is 1110 g/mol. The van der Waals surface area contributed by atoms with Crippen molar-refractivity contribution in [2.45, 2.75) is 233 Å². The predicted octanol–water partition coefficient (Wildman–Crippen LogP) is 15.6. The quantitative estimate of drug-likeness (QED) is 0.0186. The smallest absolute Gasteiger partial charge is 0.326 e. The molecule has 12 N–H and O–H groups in total. The largest absolute Gasteiger partial charge is 0.368 e. The molecule has 0 spiro atoms. The number of aryl methyl sites for hydroxylation is 2. The maximum absolute atomic E-state index is 13.1. The fraction of sp³-hybridized carbons (Fsp3) is 0.633. The van der Waals surface area contributed by atoms with Gasteiger partial charge in [0, 0.05) is 24.5 Å². The van der Waals surface area contributed by atoms with E-state index < -0.39 is 24.1 Å². The summed E-state index contributed by atoms with van der Waals surface area (Å²) >= 11 is 0. The number of unbranched alkanes of at least 4 members (excludes halogenated alkanes) is 30. The predicted molar refractivity (Wildman–Crippen MR) is 328 cm³/mol. The molecule has 20 nitrogen and oxygen atoms in total. The normalized spacial score (nSPS) is 11.0. The fourth-order valence-corrected chi connectivity index (χ4v) is 9.53. The van der Waals surface area contributed by atoms with Crippen molar-refractivity contribution in [3.8, 4) is 11.1 Å². The molecule has 4 rings (SSSR count). The number of carbonyl (C=O) groups excluding carboxylic acids is 4. The lowest BCUT2D eigenvalue weighted by atomic mass is 10.00. The molecule has 0 saturated heterocycles. The van der Waals surface area contributed by atoms with E-state index in [2.05, 4.69) is 86.3 Å². The van der Waals surface area contributed by atoms with E-state index in [1.54, 1.807) is 12.1 Å². The van der Waals surface area contributed by atoms with Gasteiger partial charge in [0.05, 0.1) is 0 Å². The molecule has 0 aliphatic rings. The third-order valence-electron chi connectivity index (χ3n) is 14.1. The molecule has 442 valence electrons. The van der Waals surface area contributed by atoms with Crippen molar-refractivity contribution < 1.29 is 19.2 Å². The van der Waals surface area contributed by atoms with Crippen molar-refractivity contribution in [3.63, 3.8) is 0 Å². The summed E-state index contributed by atoms with van der Waals surface area (Å²) in [5, 5.41) is 21.5. The van der Waals surface area contributed by atoms with Gasteiger partial charge >= 0.3 is 24.1 Å². The molecule has 4 aromatic rings. The van der Waals surface area contributed by atoms with E-state index in [0.717, 1.165) is 60.8 Å². The number of nitrogens with two attached hydrogens (primary N) is 2. The first-order valence-electron chi connectivity index (χ1n) is 30.4. The van der Waals surface area contributed by atoms with E-state index >= 15 is 0 Å². The Balaban J connectivity index is 1.10. The first kappa shape index (κ1) is 65.7. The third-order valence-corrected chi connectivity index (χ3v) is 14.1. The van der Waals surface area contributed by atoms with Crippen molar-refractivity contribution in [3.05, 3.63) is 47.5 Å². The van der Waals surface area contributed by atoms with Gasteiger partial charge in [0.15, 0.2) is 0 Å². The summed E-state index contributed by atoms with van der Waals surface area (Å²) in [5.41, 5.74) is 16.1. The molecule has 0 unspecified atom stereocenters. The van der Waals surface area contributed by atoms with Crippen LogP contribution in [0, 0.1) is 13.8 Å². The Labute approximate surface area is 477 Å². The molecule has 2 heterocycles. The molecule has 0 radical (unpaired) electrons. The van der Waals surface area contributed by atoms with Crippen molar-refractivity contribution in [2.75, 3.05) is 56.5 Å². The number of nitrogens with one attached hydrogen (secondary N) is 8. The minimum Gasteiger partial charge on any atom is -0.368 e. The number of anilines is 8. The second-order valence-electron chi connectivity index (χ2n) is 21.3. The van der Waals surface area contributed by atoms with Gasteiger partial charge in [-0.15, -0.1) is 0 Å². The van der Waals surface area contributed by atoms with E-state index in [0.29, 0.717) is 24.5 Å². The first-order chi connectivity index (χ1) is 38.9. The number of nitrogens with zero attached hydrogens (tertiary/aromatic N) is 6. The molecule has 8 amide bonds. The Kier molecular flexibility index (Phi) is 33.1. The third kappa shape index (κ3) is 29.4. The van der Waals surface area contributed by atoms with Crippen LogP contribution >= 0.6 is 0 Å². The van der Waals surface area contributed by atoms with Crippen molar-refractivity contribution in [1.82, 2.24) is 40.5 Å². The number of hydrogen-bond acceptors (Lipinski definition) is 12. The van der Waals surface area contributed by atoms with Crippen LogP contribution in [0.15, 0.2) is 36.4 Å². The molecule has 0 aliphatic carbocycles. The standard InChI is InChI=1S/C60H98N16O4/c1-5-7-9-11-13-15-17-19-21-23-25-27-29-31-33-35-41-63-57(77)73-53-67-51(61)69-55(71-53)75-59(79)65-49-39-37-47(43-45(49)3)48-38-40-50(46(4)44-48)66-60(80)76-56-70-52(62)68-54(72-56)74-58(78)64-42-36-34-32-30-28-26-24-22-20-18-16-14-12-10-8-6-2/h37-40,43-44H,5-36,41-42H2,1-4H3,(H6,61,63,65,67,69,71,73,75,77,79)(H6,62,64,66,68,70,72,74,76,78,80). The zero-order chi connectivity index (χ0) is 57.4. The van der Waals surface area contributed by atoms with E-state index in [9.17, 15) is 19.2 Å². The van der Waals surface area contributed by atoms with E-state index in [-0.39, 0.29) is 35.7 Å². The molecule has 0 bridgehead atoms. The van der Waals surface area contributed by atoms with Gasteiger partial charge in [-0.3, -0.25) is 21.3 Å². The molecule has 2 aromatic carbocycles. The van der Waals surface area contributed by atoms with Crippen LogP contribution in [0.5, 0.6) is 0 Å². The highest BCUT2D eigenvalue weighted by Crippen LogP contribution is 2.29. The maximum atomic E-state index is 13.1. The molecule has 0 aliphatic heterocycles. The molecule has 80 heavy (non-hydrogen) atoms. The van der Waals surface area contributed by atoms with Crippen molar-refractivity contribution in [2.24, 2.45) is 0 Å². The van der Waals surface area contributed by atoms with Gasteiger partial charge in [-0.1, -0.05) is 219 Å². The second-order valence-corrected chi connectivity index (χ2v) is 21.3. The van der Waals surface area contributed by atoms with Crippen LogP contribution in [0.3, 0.4) is 0 Å². The number of amides is 8. The molecule has 0 saturated carbocycles. The number of hydrogen-bond donors (Lipinski definition) is 10. The van der Waals surface area contributed by atoms with Crippen LogP contribution in [0.2, 0.25) is 0 Å². The molecular formula is C60H98N16O4. The van der Waals surface area contributed by atoms with E-state index in [4.69, 9.17) is 11.5 Å². The summed E-state index contributed by atoms with van der Waals surface area (Å²) in [5.74, 6) is -0.805. The topological polar surface area (TPSA) is 294 Å². The Morgan fingerprint density at radius 3 is 0.850 bits per heavy atom. The highest BCUT2D eigenvalue weighted by molar-refractivity contribution is 6.00. The van der Waals surface area contributed by atoms with Gasteiger partial charge in [0.1, 0.15) is 0 Å². The van der Waals surface area contributed by atoms with E-state index in [1.807, 2.05) is 38.1 Å². The minimum absolute atomic E-state index is 0.0952. The summed E-state index contributed by atoms with van der Waals surface area (Å²) < 4.78 is 0.